The van der Waals surface area contributed by atoms with Gasteiger partial charge in [0, 0.05) is 26.2 Å². The zero-order valence-corrected chi connectivity index (χ0v) is 6.95. The lowest BCUT2D eigenvalue weighted by molar-refractivity contribution is 0.249. The molecule has 0 radical (unpaired) electrons. The van der Waals surface area contributed by atoms with Gasteiger partial charge in [-0.1, -0.05) is 0 Å². The topological polar surface area (TPSA) is 72.9 Å². The summed E-state index contributed by atoms with van der Waals surface area (Å²) >= 11 is 0. The van der Waals surface area contributed by atoms with Gasteiger partial charge < -0.3 is 11.1 Å². The largest absolute Gasteiger partial charge is 0.352 e. The van der Waals surface area contributed by atoms with Crippen molar-refractivity contribution in [2.45, 2.75) is 6.42 Å². The summed E-state index contributed by atoms with van der Waals surface area (Å²) in [5, 5.41) is 6.62. The number of carbonyl (C=O) groups excluding carboxylic acids is 1. The van der Waals surface area contributed by atoms with E-state index in [-0.39, 0.29) is 0 Å². The average Bonchev–Trinajstić information content (AvgIpc) is 2.35. The Kier molecular flexibility index (Phi) is 2.68. The van der Waals surface area contributed by atoms with Crippen molar-refractivity contribution in [3.8, 4) is 0 Å². The fourth-order valence-corrected chi connectivity index (χ4v) is 0.910. The maximum absolute atomic E-state index is 10.3. The number of hydrogen-bond donors (Lipinski definition) is 2. The van der Waals surface area contributed by atoms with E-state index in [4.69, 9.17) is 5.73 Å². The van der Waals surface area contributed by atoms with Gasteiger partial charge in [0.05, 0.1) is 5.69 Å². The maximum Gasteiger partial charge on any atom is 0.312 e. The highest BCUT2D eigenvalue weighted by molar-refractivity contribution is 5.71. The van der Waals surface area contributed by atoms with Crippen LogP contribution in [0.4, 0.5) is 4.79 Å². The Morgan fingerprint density at radius 2 is 2.58 bits per heavy atom. The standard InChI is InChI=1S/C7H12N4O/c1-11-5-3-6(10-11)2-4-9-7(8)12/h3,5H,2,4H2,1H3,(H3,8,9,12). The van der Waals surface area contributed by atoms with Crippen LogP contribution in [-0.4, -0.2) is 22.4 Å². The van der Waals surface area contributed by atoms with Crippen molar-refractivity contribution in [3.05, 3.63) is 18.0 Å². The lowest BCUT2D eigenvalue weighted by atomic mass is 10.3. The molecule has 0 spiro atoms. The highest BCUT2D eigenvalue weighted by atomic mass is 16.2. The van der Waals surface area contributed by atoms with Crippen LogP contribution in [0.3, 0.4) is 0 Å². The number of urea groups is 1. The summed E-state index contributed by atoms with van der Waals surface area (Å²) in [6.07, 6.45) is 2.57. The lowest BCUT2D eigenvalue weighted by Gasteiger charge is -1.97. The van der Waals surface area contributed by atoms with Crippen LogP contribution in [0.2, 0.25) is 0 Å². The number of aromatic nitrogens is 2. The summed E-state index contributed by atoms with van der Waals surface area (Å²) in [6.45, 7) is 0.534. The number of primary amides is 1. The Bertz CT molecular complexity index is 268. The molecule has 0 saturated heterocycles. The van der Waals surface area contributed by atoms with Crippen LogP contribution >= 0.6 is 0 Å². The van der Waals surface area contributed by atoms with E-state index in [9.17, 15) is 4.79 Å². The number of nitrogens with two attached hydrogens (primary N) is 1. The van der Waals surface area contributed by atoms with Crippen LogP contribution in [0.5, 0.6) is 0 Å². The fraction of sp³-hybridized carbons (Fsp3) is 0.429. The van der Waals surface area contributed by atoms with Crippen LogP contribution in [-0.2, 0) is 13.5 Å². The highest BCUT2D eigenvalue weighted by Gasteiger charge is 1.96. The van der Waals surface area contributed by atoms with Gasteiger partial charge in [0.1, 0.15) is 0 Å². The van der Waals surface area contributed by atoms with Crippen LogP contribution < -0.4 is 11.1 Å². The third-order valence-electron chi connectivity index (χ3n) is 1.45. The molecule has 0 saturated carbocycles. The van der Waals surface area contributed by atoms with Gasteiger partial charge >= 0.3 is 6.03 Å². The zero-order valence-electron chi connectivity index (χ0n) is 6.95. The van der Waals surface area contributed by atoms with E-state index >= 15 is 0 Å². The highest BCUT2D eigenvalue weighted by Crippen LogP contribution is 1.93. The molecule has 0 bridgehead atoms. The van der Waals surface area contributed by atoms with Gasteiger partial charge in [-0.25, -0.2) is 4.79 Å². The molecular weight excluding hydrogens is 156 g/mol. The van der Waals surface area contributed by atoms with Crippen molar-refractivity contribution < 1.29 is 4.79 Å². The molecule has 0 aliphatic heterocycles. The van der Waals surface area contributed by atoms with E-state index in [0.717, 1.165) is 5.69 Å². The van der Waals surface area contributed by atoms with E-state index in [1.54, 1.807) is 4.68 Å². The molecule has 0 aliphatic carbocycles. The van der Waals surface area contributed by atoms with E-state index in [1.165, 1.54) is 0 Å². The summed E-state index contributed by atoms with van der Waals surface area (Å²) in [5.41, 5.74) is 5.84. The fourth-order valence-electron chi connectivity index (χ4n) is 0.910. The third-order valence-corrected chi connectivity index (χ3v) is 1.45. The minimum absolute atomic E-state index is 0.495. The number of carbonyl (C=O) groups is 1. The molecule has 12 heavy (non-hydrogen) atoms. The van der Waals surface area contributed by atoms with E-state index < -0.39 is 6.03 Å². The summed E-state index contributed by atoms with van der Waals surface area (Å²) in [7, 11) is 1.85. The van der Waals surface area contributed by atoms with Crippen molar-refractivity contribution in [1.82, 2.24) is 15.1 Å². The number of hydrogen-bond acceptors (Lipinski definition) is 2. The molecule has 2 amide bonds. The minimum atomic E-state index is -0.495. The Balaban J connectivity index is 2.29. The Labute approximate surface area is 70.5 Å². The molecule has 5 nitrogen and oxygen atoms in total. The first-order valence-electron chi connectivity index (χ1n) is 3.70. The lowest BCUT2D eigenvalue weighted by Crippen LogP contribution is -2.31. The summed E-state index contributed by atoms with van der Waals surface area (Å²) in [6, 6.07) is 1.41. The second kappa shape index (κ2) is 3.75. The maximum atomic E-state index is 10.3. The Hall–Kier alpha value is -1.52. The normalized spacial score (nSPS) is 9.75. The predicted molar refractivity (Wildman–Crippen MR) is 44.5 cm³/mol. The van der Waals surface area contributed by atoms with E-state index in [0.29, 0.717) is 13.0 Å². The van der Waals surface area contributed by atoms with Crippen LogP contribution in [0, 0.1) is 0 Å². The van der Waals surface area contributed by atoms with Gasteiger partial charge in [-0.2, -0.15) is 5.10 Å². The molecule has 66 valence electrons. The second-order valence-electron chi connectivity index (χ2n) is 2.52. The van der Waals surface area contributed by atoms with Gasteiger partial charge in [0.15, 0.2) is 0 Å². The molecule has 0 aliphatic rings. The van der Waals surface area contributed by atoms with Crippen molar-refractivity contribution >= 4 is 6.03 Å². The van der Waals surface area contributed by atoms with Gasteiger partial charge in [0.25, 0.3) is 0 Å². The third kappa shape index (κ3) is 2.61. The average molecular weight is 168 g/mol. The molecule has 0 atom stereocenters. The van der Waals surface area contributed by atoms with Crippen molar-refractivity contribution in [2.75, 3.05) is 6.54 Å². The first-order chi connectivity index (χ1) is 5.68. The molecule has 1 heterocycles. The van der Waals surface area contributed by atoms with Crippen LogP contribution in [0.15, 0.2) is 12.3 Å². The SMILES string of the molecule is Cn1ccc(CCNC(N)=O)n1. The molecule has 1 rings (SSSR count). The zero-order chi connectivity index (χ0) is 8.97. The van der Waals surface area contributed by atoms with Crippen molar-refractivity contribution in [1.29, 1.82) is 0 Å². The van der Waals surface area contributed by atoms with Gasteiger partial charge in [0.2, 0.25) is 0 Å². The minimum Gasteiger partial charge on any atom is -0.352 e. The first-order valence-corrected chi connectivity index (χ1v) is 3.70. The molecule has 0 aromatic carbocycles. The Morgan fingerprint density at radius 3 is 3.08 bits per heavy atom. The molecule has 5 heteroatoms. The van der Waals surface area contributed by atoms with Gasteiger partial charge in [-0.05, 0) is 6.07 Å². The summed E-state index contributed by atoms with van der Waals surface area (Å²) in [4.78, 5) is 10.3. The number of aryl methyl sites for hydroxylation is 1. The van der Waals surface area contributed by atoms with Gasteiger partial charge in [-0.15, -0.1) is 0 Å². The molecule has 1 aromatic rings. The number of nitrogens with one attached hydrogen (secondary N) is 1. The van der Waals surface area contributed by atoms with E-state index in [1.807, 2.05) is 19.3 Å². The summed E-state index contributed by atoms with van der Waals surface area (Å²) < 4.78 is 1.72. The van der Waals surface area contributed by atoms with Gasteiger partial charge in [-0.3, -0.25) is 4.68 Å². The number of amides is 2. The number of nitrogens with zero attached hydrogens (tertiary/aromatic N) is 2. The molecule has 3 N–H and O–H groups in total. The van der Waals surface area contributed by atoms with Crippen molar-refractivity contribution in [3.63, 3.8) is 0 Å². The van der Waals surface area contributed by atoms with Crippen molar-refractivity contribution in [2.24, 2.45) is 12.8 Å². The molecular formula is C7H12N4O. The first kappa shape index (κ1) is 8.58. The van der Waals surface area contributed by atoms with E-state index in [2.05, 4.69) is 10.4 Å². The Morgan fingerprint density at radius 1 is 1.83 bits per heavy atom. The van der Waals surface area contributed by atoms with Crippen LogP contribution in [0.25, 0.3) is 0 Å². The number of rotatable bonds is 3. The molecule has 0 fully saturated rings. The monoisotopic (exact) mass is 168 g/mol. The quantitative estimate of drug-likeness (QED) is 0.646. The second-order valence-corrected chi connectivity index (χ2v) is 2.52. The molecule has 1 aromatic heterocycles. The molecule has 0 unspecified atom stereocenters. The predicted octanol–water partition coefficient (Wildman–Crippen LogP) is -0.369. The van der Waals surface area contributed by atoms with Crippen LogP contribution in [0.1, 0.15) is 5.69 Å². The smallest absolute Gasteiger partial charge is 0.312 e. The summed E-state index contributed by atoms with van der Waals surface area (Å²) in [5.74, 6) is 0.